The largest absolute Gasteiger partial charge is 0.496 e. The van der Waals surface area contributed by atoms with Gasteiger partial charge in [-0.2, -0.15) is 0 Å². The van der Waals surface area contributed by atoms with E-state index in [-0.39, 0.29) is 18.5 Å². The van der Waals surface area contributed by atoms with E-state index in [1.807, 2.05) is 44.2 Å². The van der Waals surface area contributed by atoms with Gasteiger partial charge in [0.1, 0.15) is 11.3 Å². The maximum Gasteiger partial charge on any atom is 0.325 e. The Morgan fingerprint density at radius 3 is 2.54 bits per heavy atom. The molecule has 2 aromatic rings. The van der Waals surface area contributed by atoms with E-state index in [2.05, 4.69) is 17.2 Å². The smallest absolute Gasteiger partial charge is 0.325 e. The van der Waals surface area contributed by atoms with Crippen molar-refractivity contribution in [1.82, 2.24) is 15.2 Å². The van der Waals surface area contributed by atoms with Gasteiger partial charge in [0.25, 0.3) is 5.91 Å². The van der Waals surface area contributed by atoms with Crippen LogP contribution in [0.5, 0.6) is 5.75 Å². The molecule has 1 N–H and O–H groups in total. The Morgan fingerprint density at radius 1 is 1.18 bits per heavy atom. The van der Waals surface area contributed by atoms with E-state index in [1.54, 1.807) is 13.3 Å². The van der Waals surface area contributed by atoms with E-state index < -0.39 is 5.54 Å². The zero-order valence-electron chi connectivity index (χ0n) is 16.9. The molecule has 1 aromatic heterocycles. The van der Waals surface area contributed by atoms with Crippen LogP contribution in [0.3, 0.4) is 0 Å². The number of urea groups is 1. The van der Waals surface area contributed by atoms with Crippen molar-refractivity contribution in [2.75, 3.05) is 7.11 Å². The fourth-order valence-corrected chi connectivity index (χ4v) is 3.82. The van der Waals surface area contributed by atoms with Crippen LogP contribution in [0.4, 0.5) is 4.79 Å². The molecule has 0 spiro atoms. The first-order valence-electron chi connectivity index (χ1n) is 9.63. The normalized spacial score (nSPS) is 19.1. The Hall–Kier alpha value is -2.89. The van der Waals surface area contributed by atoms with Crippen LogP contribution >= 0.6 is 0 Å². The molecule has 148 valence electrons. The summed E-state index contributed by atoms with van der Waals surface area (Å²) in [4.78, 5) is 32.0. The summed E-state index contributed by atoms with van der Waals surface area (Å²) in [6, 6.07) is 9.10. The van der Waals surface area contributed by atoms with E-state index in [4.69, 9.17) is 4.74 Å². The van der Waals surface area contributed by atoms with Crippen LogP contribution < -0.4 is 10.1 Å². The Balaban J connectivity index is 1.96. The molecule has 1 atom stereocenters. The van der Waals surface area contributed by atoms with Crippen LogP contribution in [-0.4, -0.2) is 28.9 Å². The molecule has 3 rings (SSSR count). The van der Waals surface area contributed by atoms with E-state index in [0.29, 0.717) is 12.1 Å². The van der Waals surface area contributed by atoms with Crippen LogP contribution in [0.1, 0.15) is 48.6 Å². The van der Waals surface area contributed by atoms with Gasteiger partial charge in [0.05, 0.1) is 19.3 Å². The highest BCUT2D eigenvalue weighted by molar-refractivity contribution is 6.07. The number of methoxy groups -OCH3 is 1. The number of nitrogens with zero attached hydrogens (tertiary/aromatic N) is 2. The topological polar surface area (TPSA) is 71.5 Å². The molecule has 1 unspecified atom stereocenters. The van der Waals surface area contributed by atoms with Crippen LogP contribution in [0.2, 0.25) is 0 Å². The third-order valence-corrected chi connectivity index (χ3v) is 5.41. The number of carbonyl (C=O) groups excluding carboxylic acids is 2. The van der Waals surface area contributed by atoms with E-state index in [0.717, 1.165) is 35.3 Å². The van der Waals surface area contributed by atoms with E-state index >= 15 is 0 Å². The maximum atomic E-state index is 13.5. The van der Waals surface area contributed by atoms with Gasteiger partial charge in [0.15, 0.2) is 0 Å². The fourth-order valence-electron chi connectivity index (χ4n) is 3.82. The fraction of sp³-hybridized carbons (Fsp3) is 0.409. The molecule has 0 radical (unpaired) electrons. The molecular weight excluding hydrogens is 354 g/mol. The van der Waals surface area contributed by atoms with Crippen LogP contribution in [0.25, 0.3) is 0 Å². The molecule has 0 saturated carbocycles. The number of aromatic nitrogens is 1. The van der Waals surface area contributed by atoms with Gasteiger partial charge in [-0.25, -0.2) is 4.79 Å². The van der Waals surface area contributed by atoms with Crippen LogP contribution in [-0.2, 0) is 16.9 Å². The first kappa shape index (κ1) is 19.9. The zero-order chi connectivity index (χ0) is 20.3. The van der Waals surface area contributed by atoms with Crippen molar-refractivity contribution in [2.45, 2.75) is 52.1 Å². The van der Waals surface area contributed by atoms with Gasteiger partial charge >= 0.3 is 6.03 Å². The van der Waals surface area contributed by atoms with Gasteiger partial charge < -0.3 is 10.1 Å². The molecule has 1 aromatic carbocycles. The van der Waals surface area contributed by atoms with E-state index in [1.165, 1.54) is 4.90 Å². The molecule has 2 heterocycles. The highest BCUT2D eigenvalue weighted by Crippen LogP contribution is 2.35. The minimum atomic E-state index is -1.02. The first-order chi connectivity index (χ1) is 13.4. The first-order valence-corrected chi connectivity index (χ1v) is 9.63. The number of unbranched alkanes of at least 4 members (excludes halogenated alkanes) is 1. The summed E-state index contributed by atoms with van der Waals surface area (Å²) in [6.45, 7) is 6.01. The summed E-state index contributed by atoms with van der Waals surface area (Å²) >= 11 is 0. The lowest BCUT2D eigenvalue weighted by atomic mass is 9.85. The quantitative estimate of drug-likeness (QED) is 0.740. The van der Waals surface area contributed by atoms with Gasteiger partial charge in [-0.05, 0) is 25.8 Å². The van der Waals surface area contributed by atoms with Gasteiger partial charge in [-0.1, -0.05) is 50.1 Å². The standard InChI is InChI=1S/C22H27N3O3/c1-5-6-12-22(17-10-8-7-9-11-17)20(26)25(21(27)24-22)14-18-16(3)19(28-4)15(2)13-23-18/h7-11,13H,5-6,12,14H2,1-4H3,(H,24,27). The lowest BCUT2D eigenvalue weighted by Gasteiger charge is -2.27. The summed E-state index contributed by atoms with van der Waals surface area (Å²) in [5.74, 6) is 0.509. The SMILES string of the molecule is CCCCC1(c2ccccc2)NC(=O)N(Cc2ncc(C)c(OC)c2C)C1=O. The lowest BCUT2D eigenvalue weighted by molar-refractivity contribution is -0.132. The molecule has 1 aliphatic rings. The molecule has 6 heteroatoms. The average Bonchev–Trinajstić information content (AvgIpc) is 2.94. The number of carbonyl (C=O) groups is 2. The Kier molecular flexibility index (Phi) is 5.68. The summed E-state index contributed by atoms with van der Waals surface area (Å²) < 4.78 is 5.45. The molecule has 1 aliphatic heterocycles. The predicted molar refractivity (Wildman–Crippen MR) is 107 cm³/mol. The third-order valence-electron chi connectivity index (χ3n) is 5.41. The molecule has 1 fully saturated rings. The second-order valence-corrected chi connectivity index (χ2v) is 7.24. The monoisotopic (exact) mass is 381 g/mol. The summed E-state index contributed by atoms with van der Waals surface area (Å²) in [5.41, 5.74) is 2.22. The maximum absolute atomic E-state index is 13.5. The number of hydrogen-bond acceptors (Lipinski definition) is 4. The highest BCUT2D eigenvalue weighted by Gasteiger charge is 2.51. The second-order valence-electron chi connectivity index (χ2n) is 7.24. The number of amides is 3. The molecule has 0 bridgehead atoms. The molecular formula is C22H27N3O3. The van der Waals surface area contributed by atoms with Gasteiger partial charge in [-0.15, -0.1) is 0 Å². The predicted octanol–water partition coefficient (Wildman–Crippen LogP) is 3.84. The van der Waals surface area contributed by atoms with Gasteiger partial charge in [-0.3, -0.25) is 14.7 Å². The Morgan fingerprint density at radius 2 is 1.89 bits per heavy atom. The number of rotatable bonds is 7. The second kappa shape index (κ2) is 8.00. The molecule has 28 heavy (non-hydrogen) atoms. The van der Waals surface area contributed by atoms with Crippen molar-refractivity contribution < 1.29 is 14.3 Å². The van der Waals surface area contributed by atoms with E-state index in [9.17, 15) is 9.59 Å². The third kappa shape index (κ3) is 3.35. The van der Waals surface area contributed by atoms with Gasteiger partial charge in [0, 0.05) is 17.3 Å². The minimum Gasteiger partial charge on any atom is -0.496 e. The van der Waals surface area contributed by atoms with Crippen molar-refractivity contribution in [3.8, 4) is 5.75 Å². The number of hydrogen-bond donors (Lipinski definition) is 1. The van der Waals surface area contributed by atoms with Crippen LogP contribution in [0, 0.1) is 13.8 Å². The average molecular weight is 381 g/mol. The van der Waals surface area contributed by atoms with Crippen molar-refractivity contribution in [3.05, 3.63) is 58.9 Å². The number of ether oxygens (including phenoxy) is 1. The number of pyridine rings is 1. The van der Waals surface area contributed by atoms with Crippen molar-refractivity contribution in [1.29, 1.82) is 0 Å². The molecule has 0 aliphatic carbocycles. The highest BCUT2D eigenvalue weighted by atomic mass is 16.5. The number of aryl methyl sites for hydroxylation is 1. The zero-order valence-corrected chi connectivity index (χ0v) is 16.9. The number of nitrogens with one attached hydrogen (secondary N) is 1. The molecule has 6 nitrogen and oxygen atoms in total. The Bertz CT molecular complexity index is 882. The Labute approximate surface area is 165 Å². The number of benzene rings is 1. The minimum absolute atomic E-state index is 0.119. The lowest BCUT2D eigenvalue weighted by Crippen LogP contribution is -2.44. The van der Waals surface area contributed by atoms with Crippen LogP contribution in [0.15, 0.2) is 36.5 Å². The van der Waals surface area contributed by atoms with Crippen molar-refractivity contribution >= 4 is 11.9 Å². The molecule has 3 amide bonds. The molecule has 1 saturated heterocycles. The van der Waals surface area contributed by atoms with Crippen molar-refractivity contribution in [2.24, 2.45) is 0 Å². The number of imide groups is 1. The summed E-state index contributed by atoms with van der Waals surface area (Å²) in [6.07, 6.45) is 4.05. The summed E-state index contributed by atoms with van der Waals surface area (Å²) in [5, 5.41) is 2.98. The summed E-state index contributed by atoms with van der Waals surface area (Å²) in [7, 11) is 1.61. The van der Waals surface area contributed by atoms with Gasteiger partial charge in [0.2, 0.25) is 0 Å². The van der Waals surface area contributed by atoms with Crippen molar-refractivity contribution in [3.63, 3.8) is 0 Å².